The smallest absolute Gasteiger partial charge is 0.0922 e. The molecule has 0 fully saturated rings. The fourth-order valence-corrected chi connectivity index (χ4v) is 1.82. The van der Waals surface area contributed by atoms with Gasteiger partial charge in [-0.25, -0.2) is 0 Å². The first-order valence-electron chi connectivity index (χ1n) is 4.62. The van der Waals surface area contributed by atoms with Crippen LogP contribution in [0, 0.1) is 11.3 Å². The minimum absolute atomic E-state index is 0.427. The molecule has 4 heteroatoms. The third kappa shape index (κ3) is 3.88. The lowest BCUT2D eigenvalue weighted by molar-refractivity contribution is 0.175. The summed E-state index contributed by atoms with van der Waals surface area (Å²) < 4.78 is 0. The van der Waals surface area contributed by atoms with E-state index >= 15 is 0 Å². The lowest BCUT2D eigenvalue weighted by atomic mass is 10.2. The molecular formula is C10H14N2OS. The Bertz CT molecular complexity index is 279. The van der Waals surface area contributed by atoms with Gasteiger partial charge in [-0.05, 0) is 35.4 Å². The summed E-state index contributed by atoms with van der Waals surface area (Å²) in [5.74, 6) is 0. The second-order valence-electron chi connectivity index (χ2n) is 3.04. The van der Waals surface area contributed by atoms with Crippen LogP contribution in [0.1, 0.15) is 24.5 Å². The van der Waals surface area contributed by atoms with Crippen molar-refractivity contribution in [3.05, 3.63) is 22.4 Å². The van der Waals surface area contributed by atoms with E-state index in [4.69, 9.17) is 5.26 Å². The van der Waals surface area contributed by atoms with Gasteiger partial charge in [0.05, 0.1) is 12.2 Å². The number of aliphatic hydroxyl groups is 1. The lowest BCUT2D eigenvalue weighted by Crippen LogP contribution is -2.22. The Labute approximate surface area is 88.0 Å². The Hall–Kier alpha value is -0.890. The molecule has 0 radical (unpaired) electrons. The number of nitriles is 1. The summed E-state index contributed by atoms with van der Waals surface area (Å²) in [5.41, 5.74) is 0.961. The Kier molecular flexibility index (Phi) is 5.23. The molecule has 2 N–H and O–H groups in total. The highest BCUT2D eigenvalue weighted by molar-refractivity contribution is 7.07. The third-order valence-corrected chi connectivity index (χ3v) is 2.61. The van der Waals surface area contributed by atoms with Crippen LogP contribution in [0.2, 0.25) is 0 Å². The fourth-order valence-electron chi connectivity index (χ4n) is 1.11. The van der Waals surface area contributed by atoms with Crippen LogP contribution in [0.4, 0.5) is 0 Å². The molecular weight excluding hydrogens is 196 g/mol. The molecule has 0 amide bonds. The van der Waals surface area contributed by atoms with Gasteiger partial charge in [0.2, 0.25) is 0 Å². The normalized spacial score (nSPS) is 12.3. The predicted octanol–water partition coefficient (Wildman–Crippen LogP) is 1.67. The van der Waals surface area contributed by atoms with E-state index in [-0.39, 0.29) is 0 Å². The molecule has 0 aromatic carbocycles. The van der Waals surface area contributed by atoms with Crippen molar-refractivity contribution in [3.8, 4) is 6.07 Å². The summed E-state index contributed by atoms with van der Waals surface area (Å²) in [6, 6.07) is 4.01. The lowest BCUT2D eigenvalue weighted by Gasteiger charge is -2.09. The van der Waals surface area contributed by atoms with Gasteiger partial charge in [-0.15, -0.1) is 0 Å². The number of rotatable bonds is 6. The molecule has 3 nitrogen and oxygen atoms in total. The van der Waals surface area contributed by atoms with Crippen molar-refractivity contribution in [1.82, 2.24) is 5.32 Å². The molecule has 0 aliphatic carbocycles. The van der Waals surface area contributed by atoms with Crippen molar-refractivity contribution in [2.45, 2.75) is 18.9 Å². The highest BCUT2D eigenvalue weighted by Crippen LogP contribution is 2.14. The largest absolute Gasteiger partial charge is 0.387 e. The highest BCUT2D eigenvalue weighted by atomic mass is 32.1. The van der Waals surface area contributed by atoms with Gasteiger partial charge in [-0.2, -0.15) is 16.6 Å². The van der Waals surface area contributed by atoms with Gasteiger partial charge < -0.3 is 10.4 Å². The summed E-state index contributed by atoms with van der Waals surface area (Å²) in [7, 11) is 0. The van der Waals surface area contributed by atoms with E-state index < -0.39 is 6.10 Å². The molecule has 1 atom stereocenters. The Morgan fingerprint density at radius 3 is 3.14 bits per heavy atom. The van der Waals surface area contributed by atoms with Gasteiger partial charge in [0.15, 0.2) is 0 Å². The van der Waals surface area contributed by atoms with E-state index in [1.54, 1.807) is 11.3 Å². The average molecular weight is 210 g/mol. The van der Waals surface area contributed by atoms with Gasteiger partial charge in [-0.3, -0.25) is 0 Å². The van der Waals surface area contributed by atoms with Crippen molar-refractivity contribution in [2.24, 2.45) is 0 Å². The second-order valence-corrected chi connectivity index (χ2v) is 3.82. The van der Waals surface area contributed by atoms with Crippen LogP contribution >= 0.6 is 11.3 Å². The first kappa shape index (κ1) is 11.2. The number of hydrogen-bond acceptors (Lipinski definition) is 4. The zero-order valence-corrected chi connectivity index (χ0v) is 8.76. The summed E-state index contributed by atoms with van der Waals surface area (Å²) in [5, 5.41) is 25.0. The molecule has 14 heavy (non-hydrogen) atoms. The topological polar surface area (TPSA) is 56.0 Å². The van der Waals surface area contributed by atoms with Crippen LogP contribution < -0.4 is 5.32 Å². The molecule has 1 aromatic heterocycles. The Morgan fingerprint density at radius 1 is 1.64 bits per heavy atom. The fraction of sp³-hybridized carbons (Fsp3) is 0.500. The second kappa shape index (κ2) is 6.55. The Morgan fingerprint density at radius 2 is 2.50 bits per heavy atom. The highest BCUT2D eigenvalue weighted by Gasteiger charge is 2.05. The number of thiophene rings is 1. The molecule has 0 bridgehead atoms. The monoisotopic (exact) mass is 210 g/mol. The predicted molar refractivity (Wildman–Crippen MR) is 57.0 cm³/mol. The minimum atomic E-state index is -0.427. The molecule has 0 spiro atoms. The van der Waals surface area contributed by atoms with Crippen molar-refractivity contribution < 1.29 is 5.11 Å². The van der Waals surface area contributed by atoms with Gasteiger partial charge in [0.25, 0.3) is 0 Å². The molecule has 0 saturated heterocycles. The SMILES string of the molecule is N#CCCCNCC(O)c1ccsc1. The van der Waals surface area contributed by atoms with Crippen molar-refractivity contribution >= 4 is 11.3 Å². The number of nitrogens with one attached hydrogen (secondary N) is 1. The molecule has 1 heterocycles. The summed E-state index contributed by atoms with van der Waals surface area (Å²) in [4.78, 5) is 0. The van der Waals surface area contributed by atoms with Crippen LogP contribution in [0.5, 0.6) is 0 Å². The van der Waals surface area contributed by atoms with Crippen molar-refractivity contribution in [2.75, 3.05) is 13.1 Å². The zero-order chi connectivity index (χ0) is 10.2. The Balaban J connectivity index is 2.10. The van der Waals surface area contributed by atoms with Gasteiger partial charge in [-0.1, -0.05) is 0 Å². The number of aliphatic hydroxyl groups excluding tert-OH is 1. The zero-order valence-electron chi connectivity index (χ0n) is 7.94. The van der Waals surface area contributed by atoms with E-state index in [1.807, 2.05) is 16.8 Å². The molecule has 1 unspecified atom stereocenters. The van der Waals surface area contributed by atoms with E-state index in [0.29, 0.717) is 13.0 Å². The van der Waals surface area contributed by atoms with Crippen LogP contribution in [-0.2, 0) is 0 Å². The van der Waals surface area contributed by atoms with Crippen LogP contribution in [0.25, 0.3) is 0 Å². The first-order chi connectivity index (χ1) is 6.84. The van der Waals surface area contributed by atoms with E-state index in [1.165, 1.54) is 0 Å². The van der Waals surface area contributed by atoms with Crippen molar-refractivity contribution in [3.63, 3.8) is 0 Å². The maximum Gasteiger partial charge on any atom is 0.0922 e. The molecule has 1 aromatic rings. The first-order valence-corrected chi connectivity index (χ1v) is 5.56. The molecule has 1 rings (SSSR count). The summed E-state index contributed by atoms with van der Waals surface area (Å²) in [6.45, 7) is 1.34. The van der Waals surface area contributed by atoms with Gasteiger partial charge in [0.1, 0.15) is 0 Å². The standard InChI is InChI=1S/C10H14N2OS/c11-4-1-2-5-12-7-10(13)9-3-6-14-8-9/h3,6,8,10,12-13H,1-2,5,7H2. The number of hydrogen-bond donors (Lipinski definition) is 2. The molecule has 0 aliphatic rings. The quantitative estimate of drug-likeness (QED) is 0.702. The maximum atomic E-state index is 9.65. The van der Waals surface area contributed by atoms with E-state index in [0.717, 1.165) is 18.5 Å². The van der Waals surface area contributed by atoms with E-state index in [9.17, 15) is 5.11 Å². The summed E-state index contributed by atoms with van der Waals surface area (Å²) >= 11 is 1.58. The van der Waals surface area contributed by atoms with Gasteiger partial charge >= 0.3 is 0 Å². The molecule has 0 saturated carbocycles. The van der Waals surface area contributed by atoms with Crippen LogP contribution in [-0.4, -0.2) is 18.2 Å². The molecule has 0 aliphatic heterocycles. The average Bonchev–Trinajstić information content (AvgIpc) is 2.70. The van der Waals surface area contributed by atoms with Gasteiger partial charge in [0, 0.05) is 13.0 Å². The van der Waals surface area contributed by atoms with Crippen molar-refractivity contribution in [1.29, 1.82) is 5.26 Å². The minimum Gasteiger partial charge on any atom is -0.387 e. The molecule has 76 valence electrons. The summed E-state index contributed by atoms with van der Waals surface area (Å²) in [6.07, 6.45) is 0.984. The van der Waals surface area contributed by atoms with Crippen LogP contribution in [0.3, 0.4) is 0 Å². The van der Waals surface area contributed by atoms with E-state index in [2.05, 4.69) is 11.4 Å². The number of nitrogens with zero attached hydrogens (tertiary/aromatic N) is 1. The third-order valence-electron chi connectivity index (χ3n) is 1.91. The van der Waals surface area contributed by atoms with Crippen LogP contribution in [0.15, 0.2) is 16.8 Å². The number of unbranched alkanes of at least 4 members (excludes halogenated alkanes) is 1. The maximum absolute atomic E-state index is 9.65.